The summed E-state index contributed by atoms with van der Waals surface area (Å²) in [6.07, 6.45) is 0. The summed E-state index contributed by atoms with van der Waals surface area (Å²) < 4.78 is 0. The van der Waals surface area contributed by atoms with Gasteiger partial charge >= 0.3 is 0 Å². The molecule has 0 radical (unpaired) electrons. The van der Waals surface area contributed by atoms with E-state index in [1.54, 1.807) is 0 Å². The topological polar surface area (TPSA) is 49.4 Å². The van der Waals surface area contributed by atoms with Gasteiger partial charge in [0.1, 0.15) is 0 Å². The lowest BCUT2D eigenvalue weighted by Crippen LogP contribution is -2.41. The van der Waals surface area contributed by atoms with Gasteiger partial charge in [0.15, 0.2) is 5.78 Å². The van der Waals surface area contributed by atoms with Gasteiger partial charge in [-0.05, 0) is 31.8 Å². The van der Waals surface area contributed by atoms with Crippen LogP contribution in [0.2, 0.25) is 0 Å². The van der Waals surface area contributed by atoms with E-state index < -0.39 is 0 Å². The molecule has 0 saturated heterocycles. The molecule has 1 aromatic heterocycles. The normalized spacial score (nSPS) is 10.9. The van der Waals surface area contributed by atoms with Gasteiger partial charge in [0.2, 0.25) is 5.91 Å². The number of nitrogens with zero attached hydrogens (tertiary/aromatic N) is 1. The van der Waals surface area contributed by atoms with E-state index in [1.807, 2.05) is 43.2 Å². The Morgan fingerprint density at radius 3 is 2.61 bits per heavy atom. The average molecular weight is 268 g/mol. The number of Topliss-reactive ketones (excluding diaryl/α,β-unsaturated/α-hetero) is 1. The first kappa shape index (κ1) is 14.9. The lowest BCUT2D eigenvalue weighted by atomic mass is 10.3. The molecule has 1 N–H and O–H groups in total. The number of amides is 1. The number of hydrogen-bond acceptors (Lipinski definition) is 4. The van der Waals surface area contributed by atoms with Gasteiger partial charge in [-0.1, -0.05) is 13.0 Å². The Labute approximate surface area is 112 Å². The molecular formula is C13H20N2O2S. The molecule has 0 atom stereocenters. The van der Waals surface area contributed by atoms with Crippen molar-refractivity contribution in [2.75, 3.05) is 19.6 Å². The van der Waals surface area contributed by atoms with Crippen molar-refractivity contribution in [1.82, 2.24) is 10.2 Å². The number of nitrogens with one attached hydrogen (secondary N) is 1. The Morgan fingerprint density at radius 1 is 1.39 bits per heavy atom. The lowest BCUT2D eigenvalue weighted by Gasteiger charge is -2.19. The third-order valence-electron chi connectivity index (χ3n) is 2.43. The maximum Gasteiger partial charge on any atom is 0.234 e. The highest BCUT2D eigenvalue weighted by atomic mass is 32.1. The maximum absolute atomic E-state index is 11.9. The van der Waals surface area contributed by atoms with E-state index >= 15 is 0 Å². The van der Waals surface area contributed by atoms with Crippen molar-refractivity contribution in [3.8, 4) is 0 Å². The molecule has 4 nitrogen and oxygen atoms in total. The Kier molecular flexibility index (Phi) is 6.01. The molecule has 0 aliphatic rings. The Hall–Kier alpha value is -1.20. The highest BCUT2D eigenvalue weighted by Crippen LogP contribution is 2.09. The van der Waals surface area contributed by atoms with Crippen molar-refractivity contribution in [2.24, 2.45) is 0 Å². The number of carbonyl (C=O) groups is 2. The summed E-state index contributed by atoms with van der Waals surface area (Å²) in [6.45, 7) is 7.04. The van der Waals surface area contributed by atoms with Gasteiger partial charge in [-0.2, -0.15) is 0 Å². The molecule has 1 aromatic rings. The SMILES string of the molecule is CCN(CC(=O)NC(C)C)CC(=O)c1cccs1. The van der Waals surface area contributed by atoms with Crippen LogP contribution >= 0.6 is 11.3 Å². The average Bonchev–Trinajstić information content (AvgIpc) is 2.80. The summed E-state index contributed by atoms with van der Waals surface area (Å²) in [6, 6.07) is 3.80. The smallest absolute Gasteiger partial charge is 0.234 e. The first-order chi connectivity index (χ1) is 8.52. The number of hydrogen-bond donors (Lipinski definition) is 1. The molecule has 0 bridgehead atoms. The van der Waals surface area contributed by atoms with Crippen LogP contribution in [0.3, 0.4) is 0 Å². The van der Waals surface area contributed by atoms with Crippen LogP contribution in [-0.2, 0) is 4.79 Å². The Bertz CT molecular complexity index is 388. The zero-order valence-corrected chi connectivity index (χ0v) is 11.9. The van der Waals surface area contributed by atoms with Gasteiger partial charge in [-0.3, -0.25) is 14.5 Å². The van der Waals surface area contributed by atoms with Crippen molar-refractivity contribution in [2.45, 2.75) is 26.8 Å². The predicted octanol–water partition coefficient (Wildman–Crippen LogP) is 1.78. The van der Waals surface area contributed by atoms with Gasteiger partial charge in [-0.15, -0.1) is 11.3 Å². The molecule has 100 valence electrons. The molecule has 0 aliphatic heterocycles. The van der Waals surface area contributed by atoms with E-state index in [9.17, 15) is 9.59 Å². The molecule has 0 aromatic carbocycles. The molecule has 5 heteroatoms. The summed E-state index contributed by atoms with van der Waals surface area (Å²) in [5.74, 6) is 0.0371. The van der Waals surface area contributed by atoms with Gasteiger partial charge in [0.05, 0.1) is 18.0 Å². The molecule has 0 saturated carbocycles. The van der Waals surface area contributed by atoms with Crippen molar-refractivity contribution in [3.05, 3.63) is 22.4 Å². The van der Waals surface area contributed by atoms with Crippen molar-refractivity contribution in [3.63, 3.8) is 0 Å². The van der Waals surface area contributed by atoms with Crippen LogP contribution in [0.15, 0.2) is 17.5 Å². The minimum Gasteiger partial charge on any atom is -0.353 e. The molecule has 0 fully saturated rings. The van der Waals surface area contributed by atoms with Gasteiger partial charge in [0, 0.05) is 6.04 Å². The summed E-state index contributed by atoms with van der Waals surface area (Å²) in [4.78, 5) is 26.1. The van der Waals surface area contributed by atoms with Crippen LogP contribution in [0.25, 0.3) is 0 Å². The standard InChI is InChI=1S/C13H20N2O2S/c1-4-15(9-13(17)14-10(2)3)8-11(16)12-6-5-7-18-12/h5-7,10H,4,8-9H2,1-3H3,(H,14,17). The van der Waals surface area contributed by atoms with Gasteiger partial charge < -0.3 is 5.32 Å². The van der Waals surface area contributed by atoms with Crippen LogP contribution < -0.4 is 5.32 Å². The monoisotopic (exact) mass is 268 g/mol. The maximum atomic E-state index is 11.9. The predicted molar refractivity (Wildman–Crippen MR) is 74.0 cm³/mol. The number of ketones is 1. The van der Waals surface area contributed by atoms with Crippen molar-refractivity contribution in [1.29, 1.82) is 0 Å². The van der Waals surface area contributed by atoms with E-state index in [0.29, 0.717) is 13.1 Å². The molecular weight excluding hydrogens is 248 g/mol. The highest BCUT2D eigenvalue weighted by Gasteiger charge is 2.15. The van der Waals surface area contributed by atoms with E-state index in [2.05, 4.69) is 5.32 Å². The third kappa shape index (κ3) is 4.98. The molecule has 1 rings (SSSR count). The largest absolute Gasteiger partial charge is 0.353 e. The summed E-state index contributed by atoms with van der Waals surface area (Å²) in [5, 5.41) is 4.71. The fourth-order valence-electron chi connectivity index (χ4n) is 1.57. The fraction of sp³-hybridized carbons (Fsp3) is 0.538. The van der Waals surface area contributed by atoms with Gasteiger partial charge in [0.25, 0.3) is 0 Å². The first-order valence-corrected chi connectivity index (χ1v) is 6.99. The lowest BCUT2D eigenvalue weighted by molar-refractivity contribution is -0.122. The Balaban J connectivity index is 2.47. The minimum absolute atomic E-state index is 0.0363. The van der Waals surface area contributed by atoms with Crippen molar-refractivity contribution >= 4 is 23.0 Å². The van der Waals surface area contributed by atoms with E-state index in [-0.39, 0.29) is 24.3 Å². The second kappa shape index (κ2) is 7.28. The molecule has 1 amide bonds. The third-order valence-corrected chi connectivity index (χ3v) is 3.34. The fourth-order valence-corrected chi connectivity index (χ4v) is 2.23. The number of likely N-dealkylation sites (N-methyl/N-ethyl adjacent to an activating group) is 1. The second-order valence-corrected chi connectivity index (χ2v) is 5.37. The van der Waals surface area contributed by atoms with Crippen molar-refractivity contribution < 1.29 is 9.59 Å². The van der Waals surface area contributed by atoms with E-state index in [1.165, 1.54) is 11.3 Å². The molecule has 0 spiro atoms. The quantitative estimate of drug-likeness (QED) is 0.767. The first-order valence-electron chi connectivity index (χ1n) is 6.11. The zero-order chi connectivity index (χ0) is 13.5. The summed E-state index contributed by atoms with van der Waals surface area (Å²) >= 11 is 1.44. The second-order valence-electron chi connectivity index (χ2n) is 4.43. The molecule has 1 heterocycles. The summed E-state index contributed by atoms with van der Waals surface area (Å²) in [5.41, 5.74) is 0. The number of rotatable bonds is 7. The molecule has 0 aliphatic carbocycles. The number of thiophene rings is 1. The molecule has 0 unspecified atom stereocenters. The van der Waals surface area contributed by atoms with Crippen LogP contribution in [0, 0.1) is 0 Å². The number of carbonyl (C=O) groups excluding carboxylic acids is 2. The summed E-state index contributed by atoms with van der Waals surface area (Å²) in [7, 11) is 0. The van der Waals surface area contributed by atoms with Crippen LogP contribution in [0.5, 0.6) is 0 Å². The van der Waals surface area contributed by atoms with Crippen LogP contribution in [0.1, 0.15) is 30.4 Å². The zero-order valence-electron chi connectivity index (χ0n) is 11.1. The van der Waals surface area contributed by atoms with Crippen LogP contribution in [-0.4, -0.2) is 42.3 Å². The minimum atomic E-state index is -0.0363. The van der Waals surface area contributed by atoms with Crippen LogP contribution in [0.4, 0.5) is 0 Å². The van der Waals surface area contributed by atoms with Gasteiger partial charge in [-0.25, -0.2) is 0 Å². The highest BCUT2D eigenvalue weighted by molar-refractivity contribution is 7.12. The van der Waals surface area contributed by atoms with E-state index in [4.69, 9.17) is 0 Å². The molecule has 18 heavy (non-hydrogen) atoms. The Morgan fingerprint density at radius 2 is 2.11 bits per heavy atom. The van der Waals surface area contributed by atoms with E-state index in [0.717, 1.165) is 4.88 Å².